The molecule has 0 radical (unpaired) electrons. The van der Waals surface area contributed by atoms with Gasteiger partial charge in [-0.15, -0.1) is 0 Å². The van der Waals surface area contributed by atoms with Crippen molar-refractivity contribution in [3.8, 4) is 0 Å². The van der Waals surface area contributed by atoms with E-state index in [1.165, 1.54) is 19.1 Å². The molecule has 2 atom stereocenters. The third kappa shape index (κ3) is 2.17. The third-order valence-corrected chi connectivity index (χ3v) is 2.75. The highest BCUT2D eigenvalue weighted by Crippen LogP contribution is 2.32. The van der Waals surface area contributed by atoms with Crippen molar-refractivity contribution in [2.45, 2.75) is 19.1 Å². The largest absolute Gasteiger partial charge is 0.391 e. The molecule has 0 aliphatic carbocycles. The van der Waals surface area contributed by atoms with Crippen molar-refractivity contribution in [2.75, 3.05) is 0 Å². The molecule has 0 saturated carbocycles. The summed E-state index contributed by atoms with van der Waals surface area (Å²) in [5, 5.41) is 9.50. The maximum Gasteiger partial charge on any atom is 0.129 e. The normalized spacial score (nSPS) is 15.3. The van der Waals surface area contributed by atoms with Gasteiger partial charge in [-0.05, 0) is 19.1 Å². The summed E-state index contributed by atoms with van der Waals surface area (Å²) < 4.78 is 13.3. The average molecular weight is 238 g/mol. The van der Waals surface area contributed by atoms with Crippen molar-refractivity contribution >= 4 is 23.2 Å². The second-order valence-electron chi connectivity index (χ2n) is 3.02. The van der Waals surface area contributed by atoms with Gasteiger partial charge in [-0.3, -0.25) is 0 Å². The number of aliphatic hydroxyl groups excluding tert-OH is 1. The van der Waals surface area contributed by atoms with Gasteiger partial charge < -0.3 is 10.8 Å². The van der Waals surface area contributed by atoms with Crippen LogP contribution in [0.4, 0.5) is 4.39 Å². The summed E-state index contributed by atoms with van der Waals surface area (Å²) in [6.45, 7) is 1.46. The average Bonchev–Trinajstić information content (AvgIpc) is 2.12. The lowest BCUT2D eigenvalue weighted by Gasteiger charge is -2.17. The lowest BCUT2D eigenvalue weighted by molar-refractivity contribution is 0.162. The first-order chi connectivity index (χ1) is 6.45. The Labute approximate surface area is 91.4 Å². The SMILES string of the molecule is C[C@@H](O)[C@@H](N)c1c(F)ccc(Cl)c1Cl. The first kappa shape index (κ1) is 11.7. The zero-order chi connectivity index (χ0) is 10.9. The topological polar surface area (TPSA) is 46.2 Å². The summed E-state index contributed by atoms with van der Waals surface area (Å²) in [6.07, 6.45) is -0.888. The van der Waals surface area contributed by atoms with Crippen LogP contribution in [0.2, 0.25) is 10.0 Å². The van der Waals surface area contributed by atoms with Gasteiger partial charge in [0.25, 0.3) is 0 Å². The van der Waals surface area contributed by atoms with Crippen molar-refractivity contribution in [3.63, 3.8) is 0 Å². The van der Waals surface area contributed by atoms with Gasteiger partial charge in [0.2, 0.25) is 0 Å². The molecule has 0 aliphatic rings. The van der Waals surface area contributed by atoms with Crippen molar-refractivity contribution in [3.05, 3.63) is 33.6 Å². The number of hydrogen-bond donors (Lipinski definition) is 2. The van der Waals surface area contributed by atoms with E-state index in [0.29, 0.717) is 0 Å². The molecule has 0 amide bonds. The Kier molecular flexibility index (Phi) is 3.72. The molecule has 1 aromatic rings. The fourth-order valence-electron chi connectivity index (χ4n) is 1.09. The summed E-state index contributed by atoms with van der Waals surface area (Å²) in [5.41, 5.74) is 5.63. The van der Waals surface area contributed by atoms with Gasteiger partial charge in [0.05, 0.1) is 22.2 Å². The van der Waals surface area contributed by atoms with Crippen LogP contribution in [0.3, 0.4) is 0 Å². The molecule has 78 valence electrons. The van der Waals surface area contributed by atoms with Crippen LogP contribution in [0.25, 0.3) is 0 Å². The Morgan fingerprint density at radius 1 is 1.43 bits per heavy atom. The Morgan fingerprint density at radius 2 is 2.00 bits per heavy atom. The van der Waals surface area contributed by atoms with Crippen molar-refractivity contribution in [2.24, 2.45) is 5.73 Å². The van der Waals surface area contributed by atoms with Crippen molar-refractivity contribution < 1.29 is 9.50 Å². The minimum Gasteiger partial charge on any atom is -0.391 e. The number of benzene rings is 1. The summed E-state index contributed by atoms with van der Waals surface area (Å²) in [7, 11) is 0. The van der Waals surface area contributed by atoms with Gasteiger partial charge in [0, 0.05) is 5.56 Å². The second kappa shape index (κ2) is 4.45. The zero-order valence-electron chi connectivity index (χ0n) is 7.47. The summed E-state index contributed by atoms with van der Waals surface area (Å²) >= 11 is 11.5. The van der Waals surface area contributed by atoms with E-state index in [9.17, 15) is 9.50 Å². The van der Waals surface area contributed by atoms with Crippen LogP contribution < -0.4 is 5.73 Å². The van der Waals surface area contributed by atoms with Gasteiger partial charge in [0.1, 0.15) is 5.82 Å². The number of nitrogens with two attached hydrogens (primary N) is 1. The molecular weight excluding hydrogens is 228 g/mol. The molecule has 1 rings (SSSR count). The van der Waals surface area contributed by atoms with E-state index in [4.69, 9.17) is 28.9 Å². The molecule has 0 aromatic heterocycles. The van der Waals surface area contributed by atoms with Crippen LogP contribution in [0.1, 0.15) is 18.5 Å². The van der Waals surface area contributed by atoms with Crippen molar-refractivity contribution in [1.82, 2.24) is 0 Å². The van der Waals surface area contributed by atoms with Crippen LogP contribution in [-0.2, 0) is 0 Å². The van der Waals surface area contributed by atoms with Crippen LogP contribution in [0.15, 0.2) is 12.1 Å². The summed E-state index contributed by atoms with van der Waals surface area (Å²) in [4.78, 5) is 0. The minimum atomic E-state index is -0.888. The maximum atomic E-state index is 13.3. The minimum absolute atomic E-state index is 0.0502. The fraction of sp³-hybridized carbons (Fsp3) is 0.333. The number of aliphatic hydroxyl groups is 1. The van der Waals surface area contributed by atoms with E-state index in [1.54, 1.807) is 0 Å². The van der Waals surface area contributed by atoms with Crippen LogP contribution in [0.5, 0.6) is 0 Å². The molecule has 3 N–H and O–H groups in total. The van der Waals surface area contributed by atoms with Gasteiger partial charge >= 0.3 is 0 Å². The highest BCUT2D eigenvalue weighted by Gasteiger charge is 2.21. The Morgan fingerprint density at radius 3 is 2.50 bits per heavy atom. The summed E-state index contributed by atoms with van der Waals surface area (Å²) in [5.74, 6) is -0.562. The molecule has 0 fully saturated rings. The van der Waals surface area contributed by atoms with Gasteiger partial charge in [-0.1, -0.05) is 23.2 Å². The third-order valence-electron chi connectivity index (χ3n) is 1.93. The Bertz CT molecular complexity index is 344. The Hall–Kier alpha value is -0.350. The predicted octanol–water partition coefficient (Wildman–Crippen LogP) is 2.51. The molecule has 1 aromatic carbocycles. The molecular formula is C9H10Cl2FNO. The van der Waals surface area contributed by atoms with Crippen LogP contribution in [0, 0.1) is 5.82 Å². The van der Waals surface area contributed by atoms with Gasteiger partial charge in [0.15, 0.2) is 0 Å². The molecule has 0 bridgehead atoms. The maximum absolute atomic E-state index is 13.3. The van der Waals surface area contributed by atoms with Crippen LogP contribution in [-0.4, -0.2) is 11.2 Å². The second-order valence-corrected chi connectivity index (χ2v) is 3.81. The molecule has 0 spiro atoms. The lowest BCUT2D eigenvalue weighted by atomic mass is 10.0. The standard InChI is InChI=1S/C9H10Cl2FNO/c1-4(14)9(13)7-6(12)3-2-5(10)8(7)11/h2-4,9,14H,13H2,1H3/t4-,9-/m1/s1. The van der Waals surface area contributed by atoms with E-state index in [2.05, 4.69) is 0 Å². The number of rotatable bonds is 2. The Balaban J connectivity index is 3.25. The predicted molar refractivity (Wildman–Crippen MR) is 55.0 cm³/mol. The molecule has 0 aliphatic heterocycles. The lowest BCUT2D eigenvalue weighted by Crippen LogP contribution is -2.24. The summed E-state index contributed by atoms with van der Waals surface area (Å²) in [6, 6.07) is 1.64. The molecule has 14 heavy (non-hydrogen) atoms. The van der Waals surface area contributed by atoms with Gasteiger partial charge in [-0.2, -0.15) is 0 Å². The number of halogens is 3. The van der Waals surface area contributed by atoms with Crippen molar-refractivity contribution in [1.29, 1.82) is 0 Å². The molecule has 0 unspecified atom stereocenters. The first-order valence-electron chi connectivity index (χ1n) is 4.02. The highest BCUT2D eigenvalue weighted by molar-refractivity contribution is 6.42. The zero-order valence-corrected chi connectivity index (χ0v) is 8.98. The van der Waals surface area contributed by atoms with E-state index in [-0.39, 0.29) is 15.6 Å². The molecule has 0 saturated heterocycles. The van der Waals surface area contributed by atoms with E-state index in [1.807, 2.05) is 0 Å². The number of hydrogen-bond acceptors (Lipinski definition) is 2. The fourth-order valence-corrected chi connectivity index (χ4v) is 1.53. The monoisotopic (exact) mass is 237 g/mol. The molecule has 2 nitrogen and oxygen atoms in total. The highest BCUT2D eigenvalue weighted by atomic mass is 35.5. The van der Waals surface area contributed by atoms with E-state index in [0.717, 1.165) is 0 Å². The first-order valence-corrected chi connectivity index (χ1v) is 4.77. The van der Waals surface area contributed by atoms with E-state index >= 15 is 0 Å². The molecule has 0 heterocycles. The van der Waals surface area contributed by atoms with Crippen LogP contribution >= 0.6 is 23.2 Å². The quantitative estimate of drug-likeness (QED) is 0.777. The van der Waals surface area contributed by atoms with Gasteiger partial charge in [-0.25, -0.2) is 4.39 Å². The molecule has 5 heteroatoms. The smallest absolute Gasteiger partial charge is 0.129 e. The van der Waals surface area contributed by atoms with E-state index < -0.39 is 18.0 Å².